The zero-order valence-electron chi connectivity index (χ0n) is 34.8. The van der Waals surface area contributed by atoms with Crippen molar-refractivity contribution in [2.45, 2.75) is 55.3 Å². The van der Waals surface area contributed by atoms with Crippen LogP contribution in [0.4, 0.5) is 11.6 Å². The summed E-state index contributed by atoms with van der Waals surface area (Å²) in [6.45, 7) is 1.55. The van der Waals surface area contributed by atoms with Crippen LogP contribution in [0.25, 0.3) is 0 Å². The van der Waals surface area contributed by atoms with E-state index in [9.17, 15) is 5.11 Å². The highest BCUT2D eigenvalue weighted by Gasteiger charge is 2.74. The number of carbonyl (C=O) groups excluding carboxylic acids is 3. The van der Waals surface area contributed by atoms with Crippen LogP contribution >= 0.6 is 0 Å². The molecule has 318 valence electrons. The predicted molar refractivity (Wildman–Crippen MR) is 236 cm³/mol. The first-order chi connectivity index (χ1) is 30.9. The number of aromatic nitrogens is 2. The molecule has 1 spiro atoms. The van der Waals surface area contributed by atoms with Crippen molar-refractivity contribution in [1.82, 2.24) is 19.8 Å². The van der Waals surface area contributed by atoms with Crippen LogP contribution in [-0.4, -0.2) is 88.1 Å². The number of carbonyl (C=O) groups is 3. The summed E-state index contributed by atoms with van der Waals surface area (Å²) < 4.78 is 12.4. The molecule has 4 aliphatic heterocycles. The smallest absolute Gasteiger partial charge is 0.324 e. The van der Waals surface area contributed by atoms with Crippen molar-refractivity contribution in [1.29, 1.82) is 0 Å². The molecule has 5 aromatic rings. The summed E-state index contributed by atoms with van der Waals surface area (Å²) >= 11 is 0. The first-order valence-corrected chi connectivity index (χ1v) is 21.8. The predicted octanol–water partition coefficient (Wildman–Crippen LogP) is 6.32. The molecule has 1 aromatic heterocycles. The van der Waals surface area contributed by atoms with Crippen molar-refractivity contribution in [3.63, 3.8) is 0 Å². The Kier molecular flexibility index (Phi) is 11.0. The monoisotopic (exact) mass is 840 g/mol. The molecule has 2 N–H and O–H groups in total. The molecule has 63 heavy (non-hydrogen) atoms. The fourth-order valence-electron chi connectivity index (χ4n) is 10.4. The number of allylic oxidation sites excluding steroid dienone is 2. The maximum atomic E-state index is 15.9. The summed E-state index contributed by atoms with van der Waals surface area (Å²) in [5, 5.41) is 12.8. The fraction of sp³-hybridized carbons (Fsp3) is 0.314. The van der Waals surface area contributed by atoms with Crippen LogP contribution in [-0.2, 0) is 24.5 Å². The Labute approximate surface area is 366 Å². The van der Waals surface area contributed by atoms with Gasteiger partial charge in [0.25, 0.3) is 0 Å². The van der Waals surface area contributed by atoms with Crippen molar-refractivity contribution in [3.8, 4) is 17.6 Å². The van der Waals surface area contributed by atoms with E-state index in [0.29, 0.717) is 60.3 Å². The van der Waals surface area contributed by atoms with E-state index in [-0.39, 0.29) is 25.0 Å². The Hall–Kier alpha value is -6.81. The highest BCUT2D eigenvalue weighted by atomic mass is 16.6. The van der Waals surface area contributed by atoms with Gasteiger partial charge in [0.15, 0.2) is 0 Å². The molecule has 6 unspecified atom stereocenters. The number of nitrogens with one attached hydrogen (secondary N) is 1. The zero-order valence-corrected chi connectivity index (χ0v) is 34.8. The lowest BCUT2D eigenvalue weighted by Crippen LogP contribution is -2.58. The number of morpholine rings is 1. The molecule has 6 atom stereocenters. The normalized spacial score (nSPS) is 25.3. The summed E-state index contributed by atoms with van der Waals surface area (Å²) in [6.07, 6.45) is 8.98. The topological polar surface area (TPSA) is 137 Å². The van der Waals surface area contributed by atoms with Crippen LogP contribution in [0.5, 0.6) is 5.75 Å². The molecular weight excluding hydrogens is 793 g/mol. The first kappa shape index (κ1) is 40.3. The van der Waals surface area contributed by atoms with Gasteiger partial charge in [0, 0.05) is 49.8 Å². The molecule has 0 saturated carbocycles. The lowest BCUT2D eigenvalue weighted by molar-refractivity contribution is -0.179. The van der Waals surface area contributed by atoms with E-state index in [4.69, 9.17) is 9.47 Å². The van der Waals surface area contributed by atoms with Gasteiger partial charge in [-0.05, 0) is 89.9 Å². The second kappa shape index (κ2) is 17.2. The number of anilines is 2. The lowest BCUT2D eigenvalue weighted by atomic mass is 9.65. The number of fused-ring (bicyclic) bond motifs is 3. The fourth-order valence-corrected chi connectivity index (χ4v) is 10.4. The van der Waals surface area contributed by atoms with E-state index < -0.39 is 41.5 Å². The van der Waals surface area contributed by atoms with Gasteiger partial charge in [-0.2, -0.15) is 0 Å². The Morgan fingerprint density at radius 3 is 2.25 bits per heavy atom. The second-order valence-corrected chi connectivity index (χ2v) is 16.7. The number of hydrogen-bond donors (Lipinski definition) is 2. The van der Waals surface area contributed by atoms with Gasteiger partial charge in [-0.3, -0.25) is 19.3 Å². The van der Waals surface area contributed by atoms with Gasteiger partial charge < -0.3 is 29.7 Å². The van der Waals surface area contributed by atoms with E-state index >= 15 is 14.4 Å². The van der Waals surface area contributed by atoms with Crippen molar-refractivity contribution in [2.24, 2.45) is 5.92 Å². The molecule has 12 nitrogen and oxygen atoms in total. The van der Waals surface area contributed by atoms with E-state index in [1.54, 1.807) is 23.4 Å². The number of amides is 2. The first-order valence-electron chi connectivity index (χ1n) is 21.8. The van der Waals surface area contributed by atoms with Gasteiger partial charge in [-0.25, -0.2) is 9.97 Å². The molecule has 10 rings (SSSR count). The summed E-state index contributed by atoms with van der Waals surface area (Å²) in [7, 11) is 0. The number of cyclic esters (lactones) is 1. The molecule has 3 saturated heterocycles. The van der Waals surface area contributed by atoms with Crippen molar-refractivity contribution >= 4 is 29.4 Å². The number of piperazine rings is 1. The summed E-state index contributed by atoms with van der Waals surface area (Å²) in [5.41, 5.74) is 3.73. The third kappa shape index (κ3) is 7.21. The Morgan fingerprint density at radius 1 is 0.825 bits per heavy atom. The van der Waals surface area contributed by atoms with Crippen LogP contribution in [0.2, 0.25) is 0 Å². The van der Waals surface area contributed by atoms with Crippen LogP contribution in [0.3, 0.4) is 0 Å². The standard InChI is InChI=1S/C51H48N6O6/c58-31-32-62-39-22-20-38(21-23-39)46-51(40-33-35(19-24-41(40)54-49(51)61)18-17-34-11-4-1-5-12-34)42(47(59)55-27-29-56(30-28-55)50-52-25-10-26-53-50)44-48(60)63-45(37-15-8-3-9-16-37)43(57(44)46)36-13-6-2-7-14-36/h2-3,6-11,13-16,19-26,33,42-46,58H,1,4-5,12,27-32H2,(H,54,61). The highest BCUT2D eigenvalue weighted by Crippen LogP contribution is 2.65. The quantitative estimate of drug-likeness (QED) is 0.135. The number of benzene rings is 4. The minimum Gasteiger partial charge on any atom is -0.491 e. The van der Waals surface area contributed by atoms with Gasteiger partial charge in [-0.15, -0.1) is 0 Å². The molecule has 2 amide bonds. The van der Waals surface area contributed by atoms with Crippen LogP contribution < -0.4 is 15.0 Å². The van der Waals surface area contributed by atoms with Crippen molar-refractivity contribution < 1.29 is 29.0 Å². The van der Waals surface area contributed by atoms with Gasteiger partial charge in [0.1, 0.15) is 29.9 Å². The van der Waals surface area contributed by atoms with Gasteiger partial charge in [0.2, 0.25) is 17.8 Å². The van der Waals surface area contributed by atoms with E-state index in [1.165, 1.54) is 0 Å². The van der Waals surface area contributed by atoms with Crippen LogP contribution in [0, 0.1) is 17.8 Å². The minimum absolute atomic E-state index is 0.109. The molecule has 4 aromatic carbocycles. The second-order valence-electron chi connectivity index (χ2n) is 16.7. The van der Waals surface area contributed by atoms with Gasteiger partial charge in [-0.1, -0.05) is 90.7 Å². The highest BCUT2D eigenvalue weighted by molar-refractivity contribution is 6.12. The molecule has 5 aliphatic rings. The summed E-state index contributed by atoms with van der Waals surface area (Å²) in [6, 6.07) is 31.9. The molecular formula is C51H48N6O6. The number of nitrogens with zero attached hydrogens (tertiary/aromatic N) is 5. The molecule has 0 bridgehead atoms. The van der Waals surface area contributed by atoms with E-state index in [2.05, 4.69) is 38.1 Å². The Balaban J connectivity index is 1.19. The number of rotatable bonds is 8. The summed E-state index contributed by atoms with van der Waals surface area (Å²) in [4.78, 5) is 61.7. The maximum Gasteiger partial charge on any atom is 0.324 e. The maximum absolute atomic E-state index is 15.9. The van der Waals surface area contributed by atoms with E-state index in [0.717, 1.165) is 42.4 Å². The Bertz CT molecular complexity index is 2590. The minimum atomic E-state index is -1.64. The zero-order chi connectivity index (χ0) is 42.9. The summed E-state index contributed by atoms with van der Waals surface area (Å²) in [5.74, 6) is 5.44. The van der Waals surface area contributed by atoms with Crippen molar-refractivity contribution in [2.75, 3.05) is 49.6 Å². The van der Waals surface area contributed by atoms with Gasteiger partial charge >= 0.3 is 5.97 Å². The average Bonchev–Trinajstić information content (AvgIpc) is 3.82. The lowest BCUT2D eigenvalue weighted by Gasteiger charge is -2.46. The number of aliphatic hydroxyl groups is 1. The largest absolute Gasteiger partial charge is 0.491 e. The third-order valence-electron chi connectivity index (χ3n) is 13.2. The van der Waals surface area contributed by atoms with E-state index in [1.807, 2.05) is 108 Å². The van der Waals surface area contributed by atoms with Gasteiger partial charge in [0.05, 0.1) is 24.6 Å². The third-order valence-corrected chi connectivity index (χ3v) is 13.2. The molecule has 5 heterocycles. The molecule has 3 fully saturated rings. The van der Waals surface area contributed by atoms with Crippen LogP contribution in [0.1, 0.15) is 71.7 Å². The number of esters is 1. The molecule has 12 heteroatoms. The molecule has 1 aliphatic carbocycles. The SMILES string of the molecule is O=C1OC(c2ccccc2)C(c2ccccc2)N2C1C(C(=O)N1CCN(c3ncccn3)CC1)C1(C(=O)Nc3ccc(C#CC4=CCCCC4)cc31)C2c1ccc(OCCO)cc1. The van der Waals surface area contributed by atoms with Crippen molar-refractivity contribution in [3.05, 3.63) is 161 Å². The molecule has 0 radical (unpaired) electrons. The average molecular weight is 841 g/mol. The Morgan fingerprint density at radius 2 is 1.56 bits per heavy atom. The number of ether oxygens (including phenoxy) is 2. The van der Waals surface area contributed by atoms with Crippen LogP contribution in [0.15, 0.2) is 133 Å². The number of hydrogen-bond acceptors (Lipinski definition) is 10. The number of aliphatic hydroxyl groups excluding tert-OH is 1.